The van der Waals surface area contributed by atoms with Crippen LogP contribution in [0.2, 0.25) is 0 Å². The van der Waals surface area contributed by atoms with Gasteiger partial charge in [0.1, 0.15) is 0 Å². The first-order valence-electron chi connectivity index (χ1n) is 7.76. The molecule has 1 radical (unpaired) electrons. The second kappa shape index (κ2) is 7.03. The zero-order valence-electron chi connectivity index (χ0n) is 12.7. The second-order valence-corrected chi connectivity index (χ2v) is 7.93. The summed E-state index contributed by atoms with van der Waals surface area (Å²) in [4.78, 5) is 0.936. The minimum Gasteiger partial charge on any atom is -0.169 e. The summed E-state index contributed by atoms with van der Waals surface area (Å²) in [5, 5.41) is 1.79. The number of fused-ring (bicyclic) bond motifs is 1. The molecule has 1 aliphatic rings. The van der Waals surface area contributed by atoms with Crippen molar-refractivity contribution < 1.29 is 4.55 Å². The van der Waals surface area contributed by atoms with Crippen LogP contribution in [0.1, 0.15) is 37.3 Å². The Balaban J connectivity index is 1.79. The summed E-state index contributed by atoms with van der Waals surface area (Å²) >= 11 is 2.07. The fraction of sp³-hybridized carbons (Fsp3) is 0.263. The summed E-state index contributed by atoms with van der Waals surface area (Å²) in [6.45, 7) is 2.23. The molecule has 0 amide bonds. The van der Waals surface area contributed by atoms with Crippen molar-refractivity contribution in [3.05, 3.63) is 59.0 Å². The smallest absolute Gasteiger partial charge is 0.0329 e. The largest absolute Gasteiger partial charge is 0.169 e. The third kappa shape index (κ3) is 3.32. The van der Waals surface area contributed by atoms with Crippen molar-refractivity contribution in [1.29, 1.82) is 0 Å². The third-order valence-corrected chi connectivity index (χ3v) is 6.43. The van der Waals surface area contributed by atoms with Gasteiger partial charge in [0.2, 0.25) is 0 Å². The van der Waals surface area contributed by atoms with Gasteiger partial charge in [-0.2, -0.15) is 4.55 Å². The summed E-state index contributed by atoms with van der Waals surface area (Å²) in [6, 6.07) is 15.0. The number of unbranched alkanes of at least 4 members (excludes halogenated alkanes) is 2. The molecule has 0 aliphatic carbocycles. The second-order valence-electron chi connectivity index (χ2n) is 5.69. The lowest BCUT2D eigenvalue weighted by atomic mass is 10.0. The van der Waals surface area contributed by atoms with E-state index in [0.29, 0.717) is 0 Å². The van der Waals surface area contributed by atoms with Crippen LogP contribution in [0, 0.1) is 0 Å². The predicted octanol–water partition coefficient (Wildman–Crippen LogP) is 6.50. The Labute approximate surface area is 143 Å². The van der Waals surface area contributed by atoms with Gasteiger partial charge in [0.25, 0.3) is 0 Å². The van der Waals surface area contributed by atoms with Gasteiger partial charge in [-0.1, -0.05) is 67.3 Å². The van der Waals surface area contributed by atoms with Gasteiger partial charge in [-0.15, -0.1) is 0 Å². The maximum Gasteiger partial charge on any atom is 0.0329 e. The maximum atomic E-state index is 12.1. The molecule has 1 atom stereocenters. The van der Waals surface area contributed by atoms with Gasteiger partial charge >= 0.3 is 0 Å². The first-order valence-corrected chi connectivity index (χ1v) is 9.88. The molecule has 22 heavy (non-hydrogen) atoms. The van der Waals surface area contributed by atoms with Crippen molar-refractivity contribution in [2.24, 2.45) is 0 Å². The molecule has 1 aliphatic heterocycles. The maximum absolute atomic E-state index is 12.1. The van der Waals surface area contributed by atoms with Crippen molar-refractivity contribution in [3.63, 3.8) is 0 Å². The fourth-order valence-corrected chi connectivity index (χ4v) is 5.02. The molecule has 1 heterocycles. The average Bonchev–Trinajstić information content (AvgIpc) is 2.82. The molecule has 0 fully saturated rings. The highest BCUT2D eigenvalue weighted by atomic mass is 79.9. The number of benzene rings is 2. The van der Waals surface area contributed by atoms with Crippen LogP contribution in [0.15, 0.2) is 52.8 Å². The number of aryl methyl sites for hydroxylation is 1. The normalized spacial score (nSPS) is 18.1. The molecule has 0 saturated carbocycles. The number of rotatable bonds is 5. The van der Waals surface area contributed by atoms with Crippen LogP contribution >= 0.6 is 27.1 Å². The van der Waals surface area contributed by atoms with Crippen LogP contribution < -0.4 is 0 Å². The SMILES string of the molecule is CCCCCc1ccc(-c2ccc3c(c2)[SH]([O])C=C3Br)cc1. The van der Waals surface area contributed by atoms with Crippen molar-refractivity contribution in [1.82, 2.24) is 0 Å². The van der Waals surface area contributed by atoms with E-state index in [0.717, 1.165) is 26.9 Å². The number of thiol groups is 1. The van der Waals surface area contributed by atoms with Crippen molar-refractivity contribution in [2.75, 3.05) is 0 Å². The Kier molecular flexibility index (Phi) is 5.07. The van der Waals surface area contributed by atoms with Crippen molar-refractivity contribution in [3.8, 4) is 11.1 Å². The van der Waals surface area contributed by atoms with Gasteiger partial charge in [-0.05, 0) is 56.9 Å². The fourth-order valence-electron chi connectivity index (χ4n) is 2.78. The van der Waals surface area contributed by atoms with Crippen molar-refractivity contribution in [2.45, 2.75) is 37.5 Å². The van der Waals surface area contributed by atoms with Crippen LogP contribution in [-0.2, 0) is 11.0 Å². The average molecular weight is 376 g/mol. The molecular weight excluding hydrogens is 356 g/mol. The summed E-state index contributed by atoms with van der Waals surface area (Å²) in [6.07, 6.45) is 4.96. The summed E-state index contributed by atoms with van der Waals surface area (Å²) in [5.74, 6) is 0. The van der Waals surface area contributed by atoms with E-state index in [1.165, 1.54) is 30.4 Å². The molecule has 1 unspecified atom stereocenters. The standard InChI is InChI=1S/C19H20BrOS/c1-2-3-4-5-14-6-8-15(9-7-14)16-10-11-17-18(20)13-22(21)19(17)12-16/h6-13,22H,2-5H2,1H3. The topological polar surface area (TPSA) is 19.9 Å². The molecule has 0 bridgehead atoms. The minimum atomic E-state index is -1.40. The van der Waals surface area contributed by atoms with E-state index in [1.807, 2.05) is 0 Å². The lowest BCUT2D eigenvalue weighted by Crippen LogP contribution is -1.87. The Morgan fingerprint density at radius 1 is 1.00 bits per heavy atom. The van der Waals surface area contributed by atoms with E-state index in [2.05, 4.69) is 65.3 Å². The van der Waals surface area contributed by atoms with Crippen LogP contribution in [0.25, 0.3) is 15.6 Å². The first-order chi connectivity index (χ1) is 10.7. The Bertz CT molecular complexity index is 691. The van der Waals surface area contributed by atoms with Gasteiger partial charge in [-0.3, -0.25) is 0 Å². The molecular formula is C19H20BrOS. The Hall–Kier alpha value is -1.03. The molecule has 115 valence electrons. The zero-order chi connectivity index (χ0) is 15.5. The van der Waals surface area contributed by atoms with Gasteiger partial charge in [0.05, 0.1) is 0 Å². The van der Waals surface area contributed by atoms with Gasteiger partial charge in [0, 0.05) is 14.9 Å². The lowest BCUT2D eigenvalue weighted by molar-refractivity contribution is 0.523. The number of hydrogen-bond acceptors (Lipinski definition) is 0. The van der Waals surface area contributed by atoms with Crippen LogP contribution in [0.3, 0.4) is 0 Å². The molecule has 2 aromatic rings. The minimum absolute atomic E-state index is 0.936. The van der Waals surface area contributed by atoms with Gasteiger partial charge in [-0.25, -0.2) is 0 Å². The predicted molar refractivity (Wildman–Crippen MR) is 99.9 cm³/mol. The van der Waals surface area contributed by atoms with E-state index in [1.54, 1.807) is 5.41 Å². The summed E-state index contributed by atoms with van der Waals surface area (Å²) in [5.41, 5.74) is 4.78. The zero-order valence-corrected chi connectivity index (χ0v) is 15.2. The summed E-state index contributed by atoms with van der Waals surface area (Å²) in [7, 11) is 0. The quantitative estimate of drug-likeness (QED) is 0.454. The van der Waals surface area contributed by atoms with Crippen LogP contribution in [0.4, 0.5) is 0 Å². The molecule has 0 aromatic heterocycles. The molecule has 0 saturated heterocycles. The van der Waals surface area contributed by atoms with E-state index >= 15 is 0 Å². The molecule has 3 heteroatoms. The Morgan fingerprint density at radius 2 is 1.73 bits per heavy atom. The van der Waals surface area contributed by atoms with Gasteiger partial charge in [0.15, 0.2) is 0 Å². The highest BCUT2D eigenvalue weighted by molar-refractivity contribution is 9.15. The van der Waals surface area contributed by atoms with Crippen molar-refractivity contribution >= 4 is 31.6 Å². The molecule has 0 N–H and O–H groups in total. The highest BCUT2D eigenvalue weighted by Gasteiger charge is 2.19. The van der Waals surface area contributed by atoms with E-state index in [-0.39, 0.29) is 0 Å². The molecule has 0 spiro atoms. The lowest BCUT2D eigenvalue weighted by Gasteiger charge is -2.09. The van der Waals surface area contributed by atoms with Crippen LogP contribution in [0.5, 0.6) is 0 Å². The number of hydrogen-bond donors (Lipinski definition) is 1. The summed E-state index contributed by atoms with van der Waals surface area (Å²) < 4.78 is 13.0. The molecule has 3 rings (SSSR count). The van der Waals surface area contributed by atoms with E-state index in [9.17, 15) is 4.55 Å². The highest BCUT2D eigenvalue weighted by Crippen LogP contribution is 2.50. The Morgan fingerprint density at radius 3 is 2.45 bits per heavy atom. The monoisotopic (exact) mass is 375 g/mol. The van der Waals surface area contributed by atoms with E-state index < -0.39 is 11.2 Å². The van der Waals surface area contributed by atoms with Gasteiger partial charge < -0.3 is 0 Å². The first kappa shape index (κ1) is 15.9. The third-order valence-electron chi connectivity index (χ3n) is 4.08. The molecule has 1 nitrogen and oxygen atoms in total. The number of halogens is 1. The molecule has 2 aromatic carbocycles. The van der Waals surface area contributed by atoms with E-state index in [4.69, 9.17) is 0 Å². The van der Waals surface area contributed by atoms with Crippen LogP contribution in [-0.4, -0.2) is 0 Å².